The van der Waals surface area contributed by atoms with Gasteiger partial charge in [-0.1, -0.05) is 28.1 Å². The molecule has 30 heavy (non-hydrogen) atoms. The Bertz CT molecular complexity index is 1020. The van der Waals surface area contributed by atoms with E-state index in [1.165, 1.54) is 7.11 Å². The fourth-order valence-corrected chi connectivity index (χ4v) is 3.99. The zero-order valence-corrected chi connectivity index (χ0v) is 18.7. The van der Waals surface area contributed by atoms with Crippen molar-refractivity contribution in [3.05, 3.63) is 57.4 Å². The van der Waals surface area contributed by atoms with Crippen molar-refractivity contribution in [2.75, 3.05) is 25.6 Å². The van der Waals surface area contributed by atoms with Crippen molar-refractivity contribution in [3.8, 4) is 11.5 Å². The van der Waals surface area contributed by atoms with E-state index in [1.54, 1.807) is 42.5 Å². The second-order valence-corrected chi connectivity index (χ2v) is 8.04. The van der Waals surface area contributed by atoms with Gasteiger partial charge in [-0.15, -0.1) is 0 Å². The first-order chi connectivity index (χ1) is 14.4. The standard InChI is InChI=1S/C21H19BrN2O5S/c1-3-29-16-9-8-14(22)10-13(16)11-18-20(26)24(21(27)30-18)12-19(25)23-15-6-4-5-7-17(15)28-2/h4-11H,3,12H2,1-2H3,(H,23,25)/b18-11+. The Labute approximate surface area is 186 Å². The Morgan fingerprint density at radius 1 is 1.20 bits per heavy atom. The van der Waals surface area contributed by atoms with Crippen molar-refractivity contribution in [3.63, 3.8) is 0 Å². The van der Waals surface area contributed by atoms with Gasteiger partial charge in [-0.25, -0.2) is 0 Å². The van der Waals surface area contributed by atoms with Crippen LogP contribution in [0, 0.1) is 0 Å². The van der Waals surface area contributed by atoms with Gasteiger partial charge in [-0.2, -0.15) is 0 Å². The third-order valence-electron chi connectivity index (χ3n) is 4.11. The zero-order valence-electron chi connectivity index (χ0n) is 16.3. The third kappa shape index (κ3) is 5.03. The summed E-state index contributed by atoms with van der Waals surface area (Å²) in [5, 5.41) is 2.16. The molecule has 156 valence electrons. The number of carbonyl (C=O) groups excluding carboxylic acids is 3. The molecule has 9 heteroatoms. The number of nitrogens with zero attached hydrogens (tertiary/aromatic N) is 1. The molecule has 0 bridgehead atoms. The normalized spacial score (nSPS) is 14.9. The highest BCUT2D eigenvalue weighted by Crippen LogP contribution is 2.35. The monoisotopic (exact) mass is 490 g/mol. The molecular formula is C21H19BrN2O5S. The lowest BCUT2D eigenvalue weighted by Crippen LogP contribution is -2.36. The van der Waals surface area contributed by atoms with Gasteiger partial charge < -0.3 is 14.8 Å². The highest BCUT2D eigenvalue weighted by atomic mass is 79.9. The molecule has 0 unspecified atom stereocenters. The molecule has 1 fully saturated rings. The van der Waals surface area contributed by atoms with Gasteiger partial charge in [0.15, 0.2) is 0 Å². The van der Waals surface area contributed by atoms with Crippen LogP contribution in [-0.4, -0.2) is 42.2 Å². The molecule has 1 saturated heterocycles. The maximum absolute atomic E-state index is 12.7. The van der Waals surface area contributed by atoms with Crippen molar-refractivity contribution in [1.29, 1.82) is 0 Å². The number of thioether (sulfide) groups is 1. The molecule has 1 N–H and O–H groups in total. The number of para-hydroxylation sites is 2. The number of hydrogen-bond donors (Lipinski definition) is 1. The van der Waals surface area contributed by atoms with Crippen LogP contribution in [0.15, 0.2) is 51.8 Å². The van der Waals surface area contributed by atoms with E-state index >= 15 is 0 Å². The quantitative estimate of drug-likeness (QED) is 0.573. The van der Waals surface area contributed by atoms with Crippen LogP contribution < -0.4 is 14.8 Å². The molecule has 7 nitrogen and oxygen atoms in total. The lowest BCUT2D eigenvalue weighted by atomic mass is 10.2. The number of benzene rings is 2. The van der Waals surface area contributed by atoms with E-state index in [4.69, 9.17) is 9.47 Å². The molecule has 0 aromatic heterocycles. The summed E-state index contributed by atoms with van der Waals surface area (Å²) in [4.78, 5) is 38.7. The summed E-state index contributed by atoms with van der Waals surface area (Å²) >= 11 is 4.18. The summed E-state index contributed by atoms with van der Waals surface area (Å²) < 4.78 is 11.6. The lowest BCUT2D eigenvalue weighted by Gasteiger charge is -2.14. The van der Waals surface area contributed by atoms with E-state index in [0.29, 0.717) is 29.4 Å². The molecule has 0 aliphatic carbocycles. The Balaban J connectivity index is 1.76. The van der Waals surface area contributed by atoms with Crippen molar-refractivity contribution in [2.24, 2.45) is 0 Å². The molecule has 2 aromatic carbocycles. The summed E-state index contributed by atoms with van der Waals surface area (Å²) in [7, 11) is 1.49. The summed E-state index contributed by atoms with van der Waals surface area (Å²) in [6.07, 6.45) is 1.60. The Kier molecular flexibility index (Phi) is 7.17. The van der Waals surface area contributed by atoms with Crippen molar-refractivity contribution in [2.45, 2.75) is 6.92 Å². The fourth-order valence-electron chi connectivity index (χ4n) is 2.78. The molecule has 1 heterocycles. The second kappa shape index (κ2) is 9.82. The van der Waals surface area contributed by atoms with Crippen LogP contribution >= 0.6 is 27.7 Å². The van der Waals surface area contributed by atoms with Gasteiger partial charge >= 0.3 is 0 Å². The average molecular weight is 491 g/mol. The number of ether oxygens (including phenoxy) is 2. The summed E-state index contributed by atoms with van der Waals surface area (Å²) in [6.45, 7) is 1.93. The molecule has 1 aliphatic heterocycles. The first-order valence-corrected chi connectivity index (χ1v) is 10.6. The van der Waals surface area contributed by atoms with Crippen LogP contribution in [0.4, 0.5) is 10.5 Å². The third-order valence-corrected chi connectivity index (χ3v) is 5.52. The SMILES string of the molecule is CCOc1ccc(Br)cc1/C=C1/SC(=O)N(CC(=O)Nc2ccccc2OC)C1=O. The summed E-state index contributed by atoms with van der Waals surface area (Å²) in [5.41, 5.74) is 1.12. The van der Waals surface area contributed by atoms with Gasteiger partial charge in [0.25, 0.3) is 11.1 Å². The molecule has 0 atom stereocenters. The zero-order chi connectivity index (χ0) is 21.7. The molecule has 0 radical (unpaired) electrons. The van der Waals surface area contributed by atoms with E-state index in [9.17, 15) is 14.4 Å². The Morgan fingerprint density at radius 2 is 1.97 bits per heavy atom. The lowest BCUT2D eigenvalue weighted by molar-refractivity contribution is -0.127. The Hall–Kier alpha value is -2.78. The first kappa shape index (κ1) is 21.9. The van der Waals surface area contributed by atoms with Crippen LogP contribution in [0.2, 0.25) is 0 Å². The summed E-state index contributed by atoms with van der Waals surface area (Å²) in [6, 6.07) is 12.3. The first-order valence-electron chi connectivity index (χ1n) is 9.03. The molecular weight excluding hydrogens is 472 g/mol. The van der Waals surface area contributed by atoms with Gasteiger partial charge in [0.05, 0.1) is 24.3 Å². The van der Waals surface area contributed by atoms with Crippen LogP contribution in [-0.2, 0) is 9.59 Å². The van der Waals surface area contributed by atoms with Gasteiger partial charge in [0.2, 0.25) is 5.91 Å². The van der Waals surface area contributed by atoms with Gasteiger partial charge in [0.1, 0.15) is 18.0 Å². The van der Waals surface area contributed by atoms with Gasteiger partial charge in [-0.3, -0.25) is 19.3 Å². The van der Waals surface area contributed by atoms with E-state index in [0.717, 1.165) is 21.1 Å². The largest absolute Gasteiger partial charge is 0.495 e. The number of anilines is 1. The minimum atomic E-state index is -0.525. The predicted molar refractivity (Wildman–Crippen MR) is 120 cm³/mol. The number of halogens is 1. The number of amides is 3. The number of rotatable bonds is 7. The average Bonchev–Trinajstić information content (AvgIpc) is 2.98. The van der Waals surface area contributed by atoms with Crippen molar-refractivity contribution < 1.29 is 23.9 Å². The smallest absolute Gasteiger partial charge is 0.294 e. The van der Waals surface area contributed by atoms with E-state index < -0.39 is 23.6 Å². The molecule has 2 aromatic rings. The molecule has 0 saturated carbocycles. The van der Waals surface area contributed by atoms with Crippen LogP contribution in [0.3, 0.4) is 0 Å². The van der Waals surface area contributed by atoms with E-state index in [1.807, 2.05) is 13.0 Å². The molecule has 3 amide bonds. The predicted octanol–water partition coefficient (Wildman–Crippen LogP) is 4.53. The van der Waals surface area contributed by atoms with Crippen LogP contribution in [0.25, 0.3) is 6.08 Å². The van der Waals surface area contributed by atoms with Crippen molar-refractivity contribution >= 4 is 56.5 Å². The Morgan fingerprint density at radius 3 is 2.70 bits per heavy atom. The number of methoxy groups -OCH3 is 1. The van der Waals surface area contributed by atoms with Gasteiger partial charge in [-0.05, 0) is 55.1 Å². The summed E-state index contributed by atoms with van der Waals surface area (Å²) in [5.74, 6) is 0.0579. The highest BCUT2D eigenvalue weighted by molar-refractivity contribution is 9.10. The van der Waals surface area contributed by atoms with Crippen molar-refractivity contribution in [1.82, 2.24) is 4.90 Å². The minimum Gasteiger partial charge on any atom is -0.495 e. The maximum atomic E-state index is 12.7. The number of imide groups is 1. The topological polar surface area (TPSA) is 84.9 Å². The number of hydrogen-bond acceptors (Lipinski definition) is 6. The highest BCUT2D eigenvalue weighted by Gasteiger charge is 2.36. The van der Waals surface area contributed by atoms with Gasteiger partial charge in [0, 0.05) is 10.0 Å². The van der Waals surface area contributed by atoms with E-state index in [-0.39, 0.29) is 4.91 Å². The molecule has 1 aliphatic rings. The molecule has 3 rings (SSSR count). The second-order valence-electron chi connectivity index (χ2n) is 6.13. The molecule has 0 spiro atoms. The van der Waals surface area contributed by atoms with Crippen LogP contribution in [0.1, 0.15) is 12.5 Å². The van der Waals surface area contributed by atoms with Crippen LogP contribution in [0.5, 0.6) is 11.5 Å². The fraction of sp³-hybridized carbons (Fsp3) is 0.190. The van der Waals surface area contributed by atoms with E-state index in [2.05, 4.69) is 21.2 Å². The number of carbonyl (C=O) groups is 3. The number of nitrogens with one attached hydrogen (secondary N) is 1. The minimum absolute atomic E-state index is 0.226. The maximum Gasteiger partial charge on any atom is 0.294 e.